The van der Waals surface area contributed by atoms with Crippen molar-refractivity contribution in [1.82, 2.24) is 14.9 Å². The molecule has 0 spiro atoms. The summed E-state index contributed by atoms with van der Waals surface area (Å²) < 4.78 is 11.4. The second kappa shape index (κ2) is 7.83. The molecule has 150 valence electrons. The van der Waals surface area contributed by atoms with E-state index in [1.165, 1.54) is 12.8 Å². The molecular weight excluding hydrogens is 356 g/mol. The number of nitrogens with zero attached hydrogens (tertiary/aromatic N) is 3. The summed E-state index contributed by atoms with van der Waals surface area (Å²) in [7, 11) is 3.43. The first-order valence-corrected chi connectivity index (χ1v) is 9.90. The molecule has 0 bridgehead atoms. The summed E-state index contributed by atoms with van der Waals surface area (Å²) in [5.41, 5.74) is 3.84. The SMILES string of the molecule is COc1cc(N2CCCC2)c(OC)cc1CN1CCc2nc(C)[nH]c(=O)c2C1. The Labute approximate surface area is 165 Å². The molecule has 0 atom stereocenters. The van der Waals surface area contributed by atoms with Gasteiger partial charge in [0.2, 0.25) is 0 Å². The number of benzene rings is 1. The molecule has 0 unspecified atom stereocenters. The topological polar surface area (TPSA) is 70.7 Å². The molecule has 7 nitrogen and oxygen atoms in total. The predicted octanol–water partition coefficient (Wildman–Crippen LogP) is 2.25. The van der Waals surface area contributed by atoms with E-state index >= 15 is 0 Å². The molecule has 3 heterocycles. The average molecular weight is 384 g/mol. The van der Waals surface area contributed by atoms with Gasteiger partial charge in [-0.05, 0) is 25.8 Å². The van der Waals surface area contributed by atoms with Crippen LogP contribution >= 0.6 is 0 Å². The van der Waals surface area contributed by atoms with E-state index in [1.807, 2.05) is 6.92 Å². The molecule has 1 aromatic heterocycles. The van der Waals surface area contributed by atoms with Crippen LogP contribution in [-0.4, -0.2) is 48.7 Å². The van der Waals surface area contributed by atoms with Gasteiger partial charge in [0.1, 0.15) is 17.3 Å². The van der Waals surface area contributed by atoms with E-state index in [9.17, 15) is 4.79 Å². The molecule has 1 fully saturated rings. The normalized spacial score (nSPS) is 16.9. The Bertz CT molecular complexity index is 919. The fourth-order valence-corrected chi connectivity index (χ4v) is 4.25. The molecule has 0 saturated carbocycles. The van der Waals surface area contributed by atoms with Crippen molar-refractivity contribution in [3.05, 3.63) is 45.1 Å². The van der Waals surface area contributed by atoms with Crippen LogP contribution in [-0.2, 0) is 19.5 Å². The molecular formula is C21H28N4O3. The fraction of sp³-hybridized carbons (Fsp3) is 0.524. The van der Waals surface area contributed by atoms with E-state index in [0.29, 0.717) is 18.9 Å². The maximum absolute atomic E-state index is 12.3. The van der Waals surface area contributed by atoms with E-state index in [1.54, 1.807) is 14.2 Å². The van der Waals surface area contributed by atoms with Crippen molar-refractivity contribution in [2.45, 2.75) is 39.3 Å². The summed E-state index contributed by atoms with van der Waals surface area (Å²) >= 11 is 0. The van der Waals surface area contributed by atoms with Crippen LogP contribution in [0.1, 0.15) is 35.5 Å². The van der Waals surface area contributed by atoms with E-state index in [-0.39, 0.29) is 5.56 Å². The lowest BCUT2D eigenvalue weighted by Crippen LogP contribution is -2.35. The summed E-state index contributed by atoms with van der Waals surface area (Å²) in [5, 5.41) is 0. The van der Waals surface area contributed by atoms with Crippen molar-refractivity contribution >= 4 is 5.69 Å². The Morgan fingerprint density at radius 2 is 1.86 bits per heavy atom. The van der Waals surface area contributed by atoms with Gasteiger partial charge in [-0.1, -0.05) is 0 Å². The molecule has 2 aromatic rings. The molecule has 28 heavy (non-hydrogen) atoms. The molecule has 2 aliphatic heterocycles. The average Bonchev–Trinajstić information content (AvgIpc) is 3.22. The molecule has 1 aromatic carbocycles. The number of aromatic amines is 1. The van der Waals surface area contributed by atoms with Crippen LogP contribution in [0.25, 0.3) is 0 Å². The largest absolute Gasteiger partial charge is 0.496 e. The highest BCUT2D eigenvalue weighted by atomic mass is 16.5. The zero-order valence-electron chi connectivity index (χ0n) is 16.9. The van der Waals surface area contributed by atoms with Gasteiger partial charge < -0.3 is 19.4 Å². The summed E-state index contributed by atoms with van der Waals surface area (Å²) in [4.78, 5) is 24.3. The second-order valence-corrected chi connectivity index (χ2v) is 7.57. The lowest BCUT2D eigenvalue weighted by Gasteiger charge is -2.29. The monoisotopic (exact) mass is 384 g/mol. The second-order valence-electron chi connectivity index (χ2n) is 7.57. The summed E-state index contributed by atoms with van der Waals surface area (Å²) in [6.45, 7) is 6.09. The fourth-order valence-electron chi connectivity index (χ4n) is 4.25. The number of methoxy groups -OCH3 is 2. The Kier molecular flexibility index (Phi) is 5.26. The summed E-state index contributed by atoms with van der Waals surface area (Å²) in [6, 6.07) is 4.18. The van der Waals surface area contributed by atoms with Gasteiger partial charge in [0.15, 0.2) is 0 Å². The zero-order chi connectivity index (χ0) is 19.7. The Balaban J connectivity index is 1.60. The van der Waals surface area contributed by atoms with Gasteiger partial charge in [0.25, 0.3) is 5.56 Å². The Morgan fingerprint density at radius 3 is 2.57 bits per heavy atom. The Hall–Kier alpha value is -2.54. The molecule has 2 aliphatic rings. The van der Waals surface area contributed by atoms with Crippen molar-refractivity contribution in [3.8, 4) is 11.5 Å². The zero-order valence-corrected chi connectivity index (χ0v) is 16.9. The third kappa shape index (κ3) is 3.58. The maximum Gasteiger partial charge on any atom is 0.255 e. The van der Waals surface area contributed by atoms with Crippen molar-refractivity contribution in [2.75, 3.05) is 38.8 Å². The van der Waals surface area contributed by atoms with Gasteiger partial charge in [0.05, 0.1) is 31.2 Å². The smallest absolute Gasteiger partial charge is 0.255 e. The number of aromatic nitrogens is 2. The lowest BCUT2D eigenvalue weighted by atomic mass is 10.0. The number of fused-ring (bicyclic) bond motifs is 1. The highest BCUT2D eigenvalue weighted by Crippen LogP contribution is 2.37. The first-order valence-electron chi connectivity index (χ1n) is 9.90. The van der Waals surface area contributed by atoms with Crippen molar-refractivity contribution in [3.63, 3.8) is 0 Å². The van der Waals surface area contributed by atoms with E-state index in [4.69, 9.17) is 9.47 Å². The first kappa shape index (κ1) is 18.8. The van der Waals surface area contributed by atoms with Gasteiger partial charge >= 0.3 is 0 Å². The predicted molar refractivity (Wildman–Crippen MR) is 108 cm³/mol. The number of rotatable bonds is 5. The number of anilines is 1. The van der Waals surface area contributed by atoms with Gasteiger partial charge in [-0.25, -0.2) is 4.98 Å². The molecule has 1 saturated heterocycles. The van der Waals surface area contributed by atoms with Crippen LogP contribution in [0, 0.1) is 6.92 Å². The number of H-pyrrole nitrogens is 1. The molecule has 0 aliphatic carbocycles. The van der Waals surface area contributed by atoms with Crippen LogP contribution in [0.4, 0.5) is 5.69 Å². The minimum atomic E-state index is -0.0267. The van der Waals surface area contributed by atoms with Crippen LogP contribution in [0.3, 0.4) is 0 Å². The van der Waals surface area contributed by atoms with Crippen LogP contribution in [0.2, 0.25) is 0 Å². The van der Waals surface area contributed by atoms with Crippen molar-refractivity contribution in [2.24, 2.45) is 0 Å². The van der Waals surface area contributed by atoms with Gasteiger partial charge in [-0.3, -0.25) is 9.69 Å². The number of ether oxygens (including phenoxy) is 2. The van der Waals surface area contributed by atoms with Crippen LogP contribution in [0.15, 0.2) is 16.9 Å². The lowest BCUT2D eigenvalue weighted by molar-refractivity contribution is 0.237. The minimum Gasteiger partial charge on any atom is -0.496 e. The maximum atomic E-state index is 12.3. The highest BCUT2D eigenvalue weighted by molar-refractivity contribution is 5.64. The van der Waals surface area contributed by atoms with Crippen molar-refractivity contribution < 1.29 is 9.47 Å². The van der Waals surface area contributed by atoms with Crippen molar-refractivity contribution in [1.29, 1.82) is 0 Å². The summed E-state index contributed by atoms with van der Waals surface area (Å²) in [6.07, 6.45) is 3.20. The number of hydrogen-bond acceptors (Lipinski definition) is 6. The molecule has 7 heteroatoms. The van der Waals surface area contributed by atoms with Crippen LogP contribution < -0.4 is 19.9 Å². The number of hydrogen-bond donors (Lipinski definition) is 1. The van der Waals surface area contributed by atoms with Gasteiger partial charge in [-0.15, -0.1) is 0 Å². The number of nitrogens with one attached hydrogen (secondary N) is 1. The van der Waals surface area contributed by atoms with Gasteiger partial charge in [-0.2, -0.15) is 0 Å². The number of aryl methyl sites for hydroxylation is 1. The minimum absolute atomic E-state index is 0.0267. The third-order valence-electron chi connectivity index (χ3n) is 5.69. The third-order valence-corrected chi connectivity index (χ3v) is 5.69. The summed E-state index contributed by atoms with van der Waals surface area (Å²) in [5.74, 6) is 2.43. The van der Waals surface area contributed by atoms with E-state index < -0.39 is 0 Å². The Morgan fingerprint density at radius 1 is 1.11 bits per heavy atom. The molecule has 4 rings (SSSR count). The molecule has 0 amide bonds. The standard InChI is InChI=1S/C21H28N4O3/c1-14-22-17-6-9-24(13-16(17)21(26)23-14)12-15-10-20(28-3)18(11-19(15)27-2)25-7-4-5-8-25/h10-11H,4-9,12-13H2,1-3H3,(H,22,23,26). The highest BCUT2D eigenvalue weighted by Gasteiger charge is 2.24. The first-order chi connectivity index (χ1) is 13.6. The van der Waals surface area contributed by atoms with Gasteiger partial charge in [0, 0.05) is 50.8 Å². The van der Waals surface area contributed by atoms with E-state index in [2.05, 4.69) is 31.9 Å². The molecule has 1 N–H and O–H groups in total. The van der Waals surface area contributed by atoms with E-state index in [0.717, 1.165) is 60.1 Å². The quantitative estimate of drug-likeness (QED) is 0.853. The van der Waals surface area contributed by atoms with Crippen LogP contribution in [0.5, 0.6) is 11.5 Å². The molecule has 0 radical (unpaired) electrons.